The fourth-order valence-electron chi connectivity index (χ4n) is 3.07. The van der Waals surface area contributed by atoms with E-state index in [1.54, 1.807) is 0 Å². The zero-order valence-electron chi connectivity index (χ0n) is 14.1. The van der Waals surface area contributed by atoms with E-state index in [1.807, 2.05) is 54.6 Å². The van der Waals surface area contributed by atoms with Gasteiger partial charge < -0.3 is 10.1 Å². The van der Waals surface area contributed by atoms with Gasteiger partial charge in [-0.25, -0.2) is 0 Å². The molecule has 0 bridgehead atoms. The van der Waals surface area contributed by atoms with E-state index >= 15 is 0 Å². The van der Waals surface area contributed by atoms with Crippen LogP contribution in [0.1, 0.15) is 17.3 Å². The lowest BCUT2D eigenvalue weighted by atomic mass is 9.99. The number of carbonyl (C=O) groups is 1. The van der Waals surface area contributed by atoms with Crippen molar-refractivity contribution in [3.63, 3.8) is 0 Å². The van der Waals surface area contributed by atoms with Crippen LogP contribution in [0, 0.1) is 0 Å². The number of benzene rings is 2. The molecule has 3 rings (SSSR count). The van der Waals surface area contributed by atoms with Crippen molar-refractivity contribution in [2.75, 3.05) is 32.8 Å². The molecule has 24 heavy (non-hydrogen) atoms. The Morgan fingerprint density at radius 2 is 1.75 bits per heavy atom. The van der Waals surface area contributed by atoms with Gasteiger partial charge in [0.05, 0.1) is 13.2 Å². The molecule has 4 nitrogen and oxygen atoms in total. The van der Waals surface area contributed by atoms with Gasteiger partial charge in [0.25, 0.3) is 5.91 Å². The Bertz CT molecular complexity index is 666. The van der Waals surface area contributed by atoms with Crippen molar-refractivity contribution in [1.82, 2.24) is 10.2 Å². The third kappa shape index (κ3) is 4.22. The molecule has 0 radical (unpaired) electrons. The molecule has 0 spiro atoms. The molecular weight excluding hydrogens is 300 g/mol. The quantitative estimate of drug-likeness (QED) is 0.919. The van der Waals surface area contributed by atoms with Gasteiger partial charge in [0.1, 0.15) is 0 Å². The first-order valence-corrected chi connectivity index (χ1v) is 8.49. The van der Waals surface area contributed by atoms with Crippen LogP contribution in [0.2, 0.25) is 0 Å². The van der Waals surface area contributed by atoms with Crippen molar-refractivity contribution in [2.45, 2.75) is 13.0 Å². The number of hydrogen-bond acceptors (Lipinski definition) is 3. The molecule has 0 aromatic heterocycles. The summed E-state index contributed by atoms with van der Waals surface area (Å²) in [4.78, 5) is 15.1. The monoisotopic (exact) mass is 324 g/mol. The molecule has 1 heterocycles. The van der Waals surface area contributed by atoms with Gasteiger partial charge in [-0.3, -0.25) is 9.69 Å². The summed E-state index contributed by atoms with van der Waals surface area (Å²) in [5, 5.41) is 3.13. The van der Waals surface area contributed by atoms with Gasteiger partial charge in [-0.1, -0.05) is 48.5 Å². The van der Waals surface area contributed by atoms with Crippen LogP contribution in [0.4, 0.5) is 0 Å². The van der Waals surface area contributed by atoms with Gasteiger partial charge in [0.2, 0.25) is 0 Å². The van der Waals surface area contributed by atoms with E-state index in [4.69, 9.17) is 4.74 Å². The Balaban J connectivity index is 1.69. The second-order valence-corrected chi connectivity index (χ2v) is 6.20. The summed E-state index contributed by atoms with van der Waals surface area (Å²) >= 11 is 0. The van der Waals surface area contributed by atoms with Gasteiger partial charge in [-0.05, 0) is 24.1 Å². The number of rotatable bonds is 5. The fraction of sp³-hybridized carbons (Fsp3) is 0.350. The van der Waals surface area contributed by atoms with Crippen LogP contribution >= 0.6 is 0 Å². The number of carbonyl (C=O) groups excluding carboxylic acids is 1. The summed E-state index contributed by atoms with van der Waals surface area (Å²) in [7, 11) is 0. The van der Waals surface area contributed by atoms with E-state index in [9.17, 15) is 4.79 Å². The SMILES string of the molecule is C[C@H](CN1CCOCC1)NC(=O)c1ccccc1-c1ccccc1. The Hall–Kier alpha value is -2.17. The largest absolute Gasteiger partial charge is 0.379 e. The normalized spacial score (nSPS) is 16.5. The summed E-state index contributed by atoms with van der Waals surface area (Å²) in [5.41, 5.74) is 2.75. The molecule has 2 aromatic carbocycles. The highest BCUT2D eigenvalue weighted by Crippen LogP contribution is 2.23. The van der Waals surface area contributed by atoms with E-state index in [0.717, 1.165) is 49.5 Å². The number of ether oxygens (including phenoxy) is 1. The predicted octanol–water partition coefficient (Wildman–Crippen LogP) is 2.80. The Kier molecular flexibility index (Phi) is 5.62. The zero-order valence-corrected chi connectivity index (χ0v) is 14.1. The predicted molar refractivity (Wildman–Crippen MR) is 96.1 cm³/mol. The summed E-state index contributed by atoms with van der Waals surface area (Å²) in [6.07, 6.45) is 0. The lowest BCUT2D eigenvalue weighted by Gasteiger charge is -2.29. The van der Waals surface area contributed by atoms with Crippen molar-refractivity contribution in [3.8, 4) is 11.1 Å². The highest BCUT2D eigenvalue weighted by Gasteiger charge is 2.17. The first-order chi connectivity index (χ1) is 11.7. The van der Waals surface area contributed by atoms with Gasteiger partial charge in [0.15, 0.2) is 0 Å². The van der Waals surface area contributed by atoms with Crippen LogP contribution in [-0.4, -0.2) is 49.7 Å². The van der Waals surface area contributed by atoms with Gasteiger partial charge in [-0.15, -0.1) is 0 Å². The molecule has 126 valence electrons. The molecule has 1 aliphatic heterocycles. The number of hydrogen-bond donors (Lipinski definition) is 1. The van der Waals surface area contributed by atoms with Crippen LogP contribution in [-0.2, 0) is 4.74 Å². The molecule has 1 atom stereocenters. The molecule has 2 aromatic rings. The summed E-state index contributed by atoms with van der Waals surface area (Å²) < 4.78 is 5.37. The summed E-state index contributed by atoms with van der Waals surface area (Å²) in [6.45, 7) is 6.32. The molecule has 0 aliphatic carbocycles. The van der Waals surface area contributed by atoms with Crippen molar-refractivity contribution in [3.05, 3.63) is 60.2 Å². The smallest absolute Gasteiger partial charge is 0.252 e. The van der Waals surface area contributed by atoms with Crippen LogP contribution in [0.25, 0.3) is 11.1 Å². The standard InChI is InChI=1S/C20H24N2O2/c1-16(15-22-11-13-24-14-12-22)21-20(23)19-10-6-5-9-18(19)17-7-3-2-4-8-17/h2-10,16H,11-15H2,1H3,(H,21,23)/t16-/m1/s1. The summed E-state index contributed by atoms with van der Waals surface area (Å²) in [6, 6.07) is 17.9. The van der Waals surface area contributed by atoms with E-state index in [1.165, 1.54) is 0 Å². The molecule has 0 saturated carbocycles. The molecule has 1 amide bonds. The van der Waals surface area contributed by atoms with Crippen molar-refractivity contribution in [2.24, 2.45) is 0 Å². The van der Waals surface area contributed by atoms with Crippen molar-refractivity contribution in [1.29, 1.82) is 0 Å². The van der Waals surface area contributed by atoms with Crippen molar-refractivity contribution < 1.29 is 9.53 Å². The topological polar surface area (TPSA) is 41.6 Å². The maximum absolute atomic E-state index is 12.7. The Morgan fingerprint density at radius 3 is 2.50 bits per heavy atom. The average Bonchev–Trinajstić information content (AvgIpc) is 2.63. The minimum absolute atomic E-state index is 0.0183. The molecule has 1 saturated heterocycles. The Morgan fingerprint density at radius 1 is 1.08 bits per heavy atom. The van der Waals surface area contributed by atoms with Crippen LogP contribution in [0.5, 0.6) is 0 Å². The first kappa shape index (κ1) is 16.7. The first-order valence-electron chi connectivity index (χ1n) is 8.49. The molecule has 4 heteroatoms. The number of nitrogens with one attached hydrogen (secondary N) is 1. The second kappa shape index (κ2) is 8.08. The third-order valence-electron chi connectivity index (χ3n) is 4.27. The number of amides is 1. The Labute approximate surface area is 143 Å². The van der Waals surface area contributed by atoms with Gasteiger partial charge in [-0.2, -0.15) is 0 Å². The highest BCUT2D eigenvalue weighted by molar-refractivity contribution is 6.01. The molecule has 1 fully saturated rings. The maximum Gasteiger partial charge on any atom is 0.252 e. The summed E-state index contributed by atoms with van der Waals surface area (Å²) in [5.74, 6) is -0.0183. The van der Waals surface area contributed by atoms with E-state index in [-0.39, 0.29) is 11.9 Å². The molecule has 1 aliphatic rings. The third-order valence-corrected chi connectivity index (χ3v) is 4.27. The zero-order chi connectivity index (χ0) is 16.8. The molecule has 0 unspecified atom stereocenters. The molecular formula is C20H24N2O2. The molecule has 1 N–H and O–H groups in total. The van der Waals surface area contributed by atoms with E-state index in [2.05, 4.69) is 17.1 Å². The maximum atomic E-state index is 12.7. The second-order valence-electron chi connectivity index (χ2n) is 6.20. The number of morpholine rings is 1. The van der Waals surface area contributed by atoms with Crippen LogP contribution in [0.15, 0.2) is 54.6 Å². The average molecular weight is 324 g/mol. The lowest BCUT2D eigenvalue weighted by molar-refractivity contribution is 0.0342. The fourth-order valence-corrected chi connectivity index (χ4v) is 3.07. The lowest BCUT2D eigenvalue weighted by Crippen LogP contribution is -2.46. The van der Waals surface area contributed by atoms with E-state index in [0.29, 0.717) is 0 Å². The van der Waals surface area contributed by atoms with Crippen LogP contribution < -0.4 is 5.32 Å². The highest BCUT2D eigenvalue weighted by atomic mass is 16.5. The van der Waals surface area contributed by atoms with Crippen LogP contribution in [0.3, 0.4) is 0 Å². The minimum Gasteiger partial charge on any atom is -0.379 e. The van der Waals surface area contributed by atoms with Gasteiger partial charge >= 0.3 is 0 Å². The van der Waals surface area contributed by atoms with Gasteiger partial charge in [0, 0.05) is 31.2 Å². The number of nitrogens with zero attached hydrogens (tertiary/aromatic N) is 1. The minimum atomic E-state index is -0.0183. The van der Waals surface area contributed by atoms with Crippen molar-refractivity contribution >= 4 is 5.91 Å². The van der Waals surface area contributed by atoms with E-state index < -0.39 is 0 Å².